The van der Waals surface area contributed by atoms with Crippen molar-refractivity contribution in [2.45, 2.75) is 20.4 Å². The van der Waals surface area contributed by atoms with Crippen molar-refractivity contribution in [3.63, 3.8) is 0 Å². The Balaban J connectivity index is 2.28. The van der Waals surface area contributed by atoms with Gasteiger partial charge in [-0.2, -0.15) is 5.10 Å². The number of halogens is 2. The molecule has 0 unspecified atom stereocenters. The highest BCUT2D eigenvalue weighted by Gasteiger charge is 2.10. The summed E-state index contributed by atoms with van der Waals surface area (Å²) in [5.41, 5.74) is 2.06. The van der Waals surface area contributed by atoms with Gasteiger partial charge in [0.15, 0.2) is 0 Å². The Bertz CT molecular complexity index is 493. The first-order chi connectivity index (χ1) is 7.08. The van der Waals surface area contributed by atoms with Crippen LogP contribution >= 0.6 is 38.9 Å². The lowest BCUT2D eigenvalue weighted by Gasteiger charge is -1.99. The van der Waals surface area contributed by atoms with E-state index in [0.29, 0.717) is 11.0 Å². The van der Waals surface area contributed by atoms with Gasteiger partial charge in [-0.15, -0.1) is 10.2 Å². The molecule has 0 saturated carbocycles. The molecule has 2 aromatic heterocycles. The van der Waals surface area contributed by atoms with Crippen molar-refractivity contribution < 1.29 is 0 Å². The maximum Gasteiger partial charge on any atom is 0.207 e. The van der Waals surface area contributed by atoms with E-state index in [-0.39, 0.29) is 0 Å². The molecular formula is C8H8BrClN4S. The topological polar surface area (TPSA) is 43.6 Å². The smallest absolute Gasteiger partial charge is 0.207 e. The third-order valence-corrected chi connectivity index (χ3v) is 4.17. The number of aromatic nitrogens is 4. The number of aryl methyl sites for hydroxylation is 1. The first kappa shape index (κ1) is 11.0. The molecule has 0 aliphatic carbocycles. The van der Waals surface area contributed by atoms with Crippen molar-refractivity contribution in [3.05, 3.63) is 25.3 Å². The van der Waals surface area contributed by atoms with Crippen molar-refractivity contribution in [2.24, 2.45) is 0 Å². The molecule has 0 fully saturated rings. The predicted octanol–water partition coefficient (Wildman–Crippen LogP) is 2.82. The normalized spacial score (nSPS) is 10.9. The van der Waals surface area contributed by atoms with E-state index in [1.807, 2.05) is 18.5 Å². The fraction of sp³-hybridized carbons (Fsp3) is 0.375. The molecule has 15 heavy (non-hydrogen) atoms. The van der Waals surface area contributed by atoms with Gasteiger partial charge in [-0.1, -0.05) is 11.3 Å². The molecule has 0 bridgehead atoms. The van der Waals surface area contributed by atoms with Crippen molar-refractivity contribution in [3.8, 4) is 0 Å². The fourth-order valence-electron chi connectivity index (χ4n) is 1.25. The van der Waals surface area contributed by atoms with Gasteiger partial charge < -0.3 is 0 Å². The zero-order chi connectivity index (χ0) is 11.0. The van der Waals surface area contributed by atoms with Crippen LogP contribution in [0.4, 0.5) is 0 Å². The van der Waals surface area contributed by atoms with Crippen LogP contribution in [-0.2, 0) is 6.54 Å². The van der Waals surface area contributed by atoms with Crippen molar-refractivity contribution >= 4 is 38.9 Å². The Morgan fingerprint density at radius 2 is 2.13 bits per heavy atom. The third-order valence-electron chi connectivity index (χ3n) is 2.02. The minimum absolute atomic E-state index is 0.464. The number of rotatable bonds is 2. The van der Waals surface area contributed by atoms with Crippen LogP contribution in [0.3, 0.4) is 0 Å². The molecule has 0 aliphatic rings. The molecule has 0 N–H and O–H groups in total. The summed E-state index contributed by atoms with van der Waals surface area (Å²) in [7, 11) is 0. The van der Waals surface area contributed by atoms with E-state index in [9.17, 15) is 0 Å². The summed E-state index contributed by atoms with van der Waals surface area (Å²) in [6, 6.07) is 0. The number of nitrogens with zero attached hydrogens (tertiary/aromatic N) is 4. The van der Waals surface area contributed by atoms with Gasteiger partial charge in [-0.05, 0) is 41.4 Å². The summed E-state index contributed by atoms with van der Waals surface area (Å²) in [5, 5.41) is 12.9. The van der Waals surface area contributed by atoms with Crippen LogP contribution < -0.4 is 0 Å². The highest BCUT2D eigenvalue weighted by atomic mass is 79.9. The minimum atomic E-state index is 0.464. The van der Waals surface area contributed by atoms with E-state index < -0.39 is 0 Å². The fourth-order valence-corrected chi connectivity index (χ4v) is 2.39. The molecule has 2 heterocycles. The molecule has 0 atom stereocenters. The standard InChI is InChI=1S/C8H8BrClN4S/c1-4-7(9)5(2)14(13-4)3-6-11-12-8(10)15-6/h3H2,1-2H3. The summed E-state index contributed by atoms with van der Waals surface area (Å²) in [4.78, 5) is 0. The molecule has 0 amide bonds. The summed E-state index contributed by atoms with van der Waals surface area (Å²) < 4.78 is 3.39. The van der Waals surface area contributed by atoms with Crippen LogP contribution in [0, 0.1) is 13.8 Å². The summed E-state index contributed by atoms with van der Waals surface area (Å²) in [6.07, 6.45) is 0. The molecule has 0 saturated heterocycles. The Morgan fingerprint density at radius 3 is 2.60 bits per heavy atom. The lowest BCUT2D eigenvalue weighted by Crippen LogP contribution is -2.03. The SMILES string of the molecule is Cc1nn(Cc2nnc(Cl)s2)c(C)c1Br. The molecule has 0 radical (unpaired) electrons. The van der Waals surface area contributed by atoms with Crippen molar-refractivity contribution in [2.75, 3.05) is 0 Å². The summed E-state index contributed by atoms with van der Waals surface area (Å²) >= 11 is 10.6. The van der Waals surface area contributed by atoms with Crippen LogP contribution in [0.5, 0.6) is 0 Å². The second kappa shape index (κ2) is 4.19. The maximum atomic E-state index is 5.71. The van der Waals surface area contributed by atoms with Crippen LogP contribution in [0.15, 0.2) is 4.47 Å². The zero-order valence-corrected chi connectivity index (χ0v) is 11.3. The Hall–Kier alpha value is -0.460. The average molecular weight is 308 g/mol. The van der Waals surface area contributed by atoms with E-state index in [2.05, 4.69) is 31.2 Å². The molecule has 80 valence electrons. The van der Waals surface area contributed by atoms with E-state index in [1.54, 1.807) is 0 Å². The van der Waals surface area contributed by atoms with Gasteiger partial charge in [-0.25, -0.2) is 0 Å². The van der Waals surface area contributed by atoms with Gasteiger partial charge in [0.2, 0.25) is 4.47 Å². The molecule has 0 spiro atoms. The van der Waals surface area contributed by atoms with Crippen LogP contribution in [0.2, 0.25) is 4.47 Å². The van der Waals surface area contributed by atoms with Gasteiger partial charge in [0.05, 0.1) is 22.4 Å². The monoisotopic (exact) mass is 306 g/mol. The van der Waals surface area contributed by atoms with Gasteiger partial charge >= 0.3 is 0 Å². The Morgan fingerprint density at radius 1 is 1.40 bits per heavy atom. The summed E-state index contributed by atoms with van der Waals surface area (Å²) in [5.74, 6) is 0. The average Bonchev–Trinajstić information content (AvgIpc) is 2.68. The van der Waals surface area contributed by atoms with Gasteiger partial charge in [0.25, 0.3) is 0 Å². The van der Waals surface area contributed by atoms with Crippen LogP contribution in [-0.4, -0.2) is 20.0 Å². The molecule has 2 aromatic rings. The predicted molar refractivity (Wildman–Crippen MR) is 63.4 cm³/mol. The third kappa shape index (κ3) is 2.21. The Kier molecular flexibility index (Phi) is 3.08. The lowest BCUT2D eigenvalue weighted by atomic mass is 10.4. The molecule has 4 nitrogen and oxygen atoms in total. The van der Waals surface area contributed by atoms with Gasteiger partial charge in [0, 0.05) is 0 Å². The first-order valence-corrected chi connectivity index (χ1v) is 6.24. The molecule has 0 aliphatic heterocycles. The Labute approximate surface area is 104 Å². The zero-order valence-electron chi connectivity index (χ0n) is 8.16. The van der Waals surface area contributed by atoms with E-state index in [1.165, 1.54) is 11.3 Å². The van der Waals surface area contributed by atoms with Crippen LogP contribution in [0.1, 0.15) is 16.4 Å². The highest BCUT2D eigenvalue weighted by Crippen LogP contribution is 2.22. The first-order valence-electron chi connectivity index (χ1n) is 4.25. The maximum absolute atomic E-state index is 5.71. The van der Waals surface area contributed by atoms with E-state index >= 15 is 0 Å². The largest absolute Gasteiger partial charge is 0.261 e. The lowest BCUT2D eigenvalue weighted by molar-refractivity contribution is 0.651. The van der Waals surface area contributed by atoms with Crippen molar-refractivity contribution in [1.29, 1.82) is 0 Å². The second-order valence-corrected chi connectivity index (χ2v) is 5.53. The van der Waals surface area contributed by atoms with Gasteiger partial charge in [0.1, 0.15) is 5.01 Å². The quantitative estimate of drug-likeness (QED) is 0.857. The number of hydrogen-bond acceptors (Lipinski definition) is 4. The molecule has 2 rings (SSSR count). The second-order valence-electron chi connectivity index (χ2n) is 3.09. The summed E-state index contributed by atoms with van der Waals surface area (Å²) in [6.45, 7) is 4.58. The van der Waals surface area contributed by atoms with E-state index in [0.717, 1.165) is 20.9 Å². The van der Waals surface area contributed by atoms with Crippen molar-refractivity contribution in [1.82, 2.24) is 20.0 Å². The molecular weight excluding hydrogens is 300 g/mol. The molecule has 7 heteroatoms. The minimum Gasteiger partial charge on any atom is -0.261 e. The van der Waals surface area contributed by atoms with Gasteiger partial charge in [-0.3, -0.25) is 4.68 Å². The van der Waals surface area contributed by atoms with Crippen LogP contribution in [0.25, 0.3) is 0 Å². The highest BCUT2D eigenvalue weighted by molar-refractivity contribution is 9.10. The van der Waals surface area contributed by atoms with E-state index in [4.69, 9.17) is 11.6 Å². The number of hydrogen-bond donors (Lipinski definition) is 0. The molecule has 0 aromatic carbocycles.